The molecule has 1 aromatic carbocycles. The monoisotopic (exact) mass is 253 g/mol. The molecule has 0 radical (unpaired) electrons. The fraction of sp³-hybridized carbons (Fsp3) is 0.600. The van der Waals surface area contributed by atoms with Crippen LogP contribution in [0.5, 0.6) is 0 Å². The molecule has 96 valence electrons. The first kappa shape index (κ1) is 14.4. The molecule has 0 aliphatic carbocycles. The van der Waals surface area contributed by atoms with E-state index in [4.69, 9.17) is 11.6 Å². The summed E-state index contributed by atoms with van der Waals surface area (Å²) in [7, 11) is 0. The maximum absolute atomic E-state index is 5.68. The van der Waals surface area contributed by atoms with Crippen molar-refractivity contribution in [1.82, 2.24) is 0 Å². The number of benzene rings is 1. The molecule has 0 aliphatic rings. The molecule has 2 heteroatoms. The van der Waals surface area contributed by atoms with Crippen LogP contribution in [0.15, 0.2) is 24.3 Å². The van der Waals surface area contributed by atoms with E-state index in [0.717, 1.165) is 25.4 Å². The average molecular weight is 254 g/mol. The summed E-state index contributed by atoms with van der Waals surface area (Å²) in [5, 5.41) is 0. The van der Waals surface area contributed by atoms with E-state index in [1.165, 1.54) is 30.5 Å². The highest BCUT2D eigenvalue weighted by atomic mass is 35.5. The van der Waals surface area contributed by atoms with Crippen LogP contribution in [0.25, 0.3) is 0 Å². The van der Waals surface area contributed by atoms with Gasteiger partial charge in [-0.3, -0.25) is 0 Å². The summed E-state index contributed by atoms with van der Waals surface area (Å²) in [6.07, 6.45) is 4.96. The highest BCUT2D eigenvalue weighted by molar-refractivity contribution is 6.17. The van der Waals surface area contributed by atoms with E-state index >= 15 is 0 Å². The van der Waals surface area contributed by atoms with E-state index in [1.54, 1.807) is 0 Å². The Bertz CT molecular complexity index is 312. The van der Waals surface area contributed by atoms with Gasteiger partial charge in [0.1, 0.15) is 0 Å². The van der Waals surface area contributed by atoms with Crippen LogP contribution in [0.3, 0.4) is 0 Å². The van der Waals surface area contributed by atoms with E-state index < -0.39 is 0 Å². The Balaban J connectivity index is 2.41. The lowest BCUT2D eigenvalue weighted by molar-refractivity contribution is 0.650. The highest BCUT2D eigenvalue weighted by Crippen LogP contribution is 2.19. The molecule has 17 heavy (non-hydrogen) atoms. The third-order valence-electron chi connectivity index (χ3n) is 3.15. The Morgan fingerprint density at radius 3 is 2.41 bits per heavy atom. The summed E-state index contributed by atoms with van der Waals surface area (Å²) in [5.74, 6) is 0.801. The number of aryl methyl sites for hydroxylation is 1. The largest absolute Gasteiger partial charge is 0.372 e. The molecule has 0 amide bonds. The smallest absolute Gasteiger partial charge is 0.0395 e. The van der Waals surface area contributed by atoms with E-state index in [9.17, 15) is 0 Å². The van der Waals surface area contributed by atoms with Gasteiger partial charge in [-0.05, 0) is 38.3 Å². The van der Waals surface area contributed by atoms with Crippen LogP contribution in [0, 0.1) is 6.92 Å². The van der Waals surface area contributed by atoms with Crippen LogP contribution >= 0.6 is 11.6 Å². The van der Waals surface area contributed by atoms with Gasteiger partial charge in [0.15, 0.2) is 0 Å². The molecule has 0 N–H and O–H groups in total. The highest BCUT2D eigenvalue weighted by Gasteiger charge is 2.05. The van der Waals surface area contributed by atoms with Crippen molar-refractivity contribution in [2.45, 2.75) is 39.5 Å². The fourth-order valence-electron chi connectivity index (χ4n) is 2.12. The predicted molar refractivity (Wildman–Crippen MR) is 78.3 cm³/mol. The lowest BCUT2D eigenvalue weighted by Crippen LogP contribution is -2.24. The maximum Gasteiger partial charge on any atom is 0.0395 e. The van der Waals surface area contributed by atoms with Crippen LogP contribution in [-0.4, -0.2) is 19.0 Å². The molecule has 0 spiro atoms. The number of halogens is 1. The van der Waals surface area contributed by atoms with Crippen LogP contribution in [0.4, 0.5) is 5.69 Å². The Hall–Kier alpha value is -0.690. The summed E-state index contributed by atoms with van der Waals surface area (Å²) >= 11 is 5.68. The predicted octanol–water partition coefficient (Wildman–Crippen LogP) is 4.62. The van der Waals surface area contributed by atoms with Gasteiger partial charge in [-0.25, -0.2) is 0 Å². The Kier molecular flexibility index (Phi) is 7.11. The third-order valence-corrected chi connectivity index (χ3v) is 3.42. The number of para-hydroxylation sites is 1. The SMILES string of the molecule is CCN(CCCCCCCl)c1ccccc1C. The van der Waals surface area contributed by atoms with Gasteiger partial charge in [0.25, 0.3) is 0 Å². The zero-order chi connectivity index (χ0) is 12.5. The van der Waals surface area contributed by atoms with Gasteiger partial charge >= 0.3 is 0 Å². The van der Waals surface area contributed by atoms with Crippen molar-refractivity contribution in [3.63, 3.8) is 0 Å². The van der Waals surface area contributed by atoms with Crippen molar-refractivity contribution in [2.24, 2.45) is 0 Å². The molecule has 0 aromatic heterocycles. The van der Waals surface area contributed by atoms with Crippen molar-refractivity contribution in [1.29, 1.82) is 0 Å². The molecule has 0 aliphatic heterocycles. The first-order valence-corrected chi connectivity index (χ1v) is 7.19. The summed E-state index contributed by atoms with van der Waals surface area (Å²) < 4.78 is 0. The average Bonchev–Trinajstić information content (AvgIpc) is 2.35. The van der Waals surface area contributed by atoms with Crippen LogP contribution in [0.2, 0.25) is 0 Å². The number of alkyl halides is 1. The number of unbranched alkanes of at least 4 members (excludes halogenated alkanes) is 3. The second-order valence-electron chi connectivity index (χ2n) is 4.47. The summed E-state index contributed by atoms with van der Waals surface area (Å²) in [4.78, 5) is 2.47. The Labute approximate surface area is 111 Å². The lowest BCUT2D eigenvalue weighted by Gasteiger charge is -2.24. The second kappa shape index (κ2) is 8.41. The van der Waals surface area contributed by atoms with Gasteiger partial charge in [-0.2, -0.15) is 0 Å². The minimum atomic E-state index is 0.801. The molecule has 1 aromatic rings. The molecule has 0 heterocycles. The number of anilines is 1. The molecular formula is C15H24ClN. The van der Waals surface area contributed by atoms with Crippen molar-refractivity contribution >= 4 is 17.3 Å². The quantitative estimate of drug-likeness (QED) is 0.483. The van der Waals surface area contributed by atoms with Crippen LogP contribution in [0.1, 0.15) is 38.2 Å². The van der Waals surface area contributed by atoms with Gasteiger partial charge in [0.2, 0.25) is 0 Å². The number of rotatable bonds is 8. The molecule has 0 saturated carbocycles. The summed E-state index contributed by atoms with van der Waals surface area (Å²) in [5.41, 5.74) is 2.75. The summed E-state index contributed by atoms with van der Waals surface area (Å²) in [6.45, 7) is 6.65. The third kappa shape index (κ3) is 4.99. The van der Waals surface area contributed by atoms with Crippen LogP contribution in [-0.2, 0) is 0 Å². The Morgan fingerprint density at radius 2 is 1.76 bits per heavy atom. The number of hydrogen-bond acceptors (Lipinski definition) is 1. The zero-order valence-electron chi connectivity index (χ0n) is 11.1. The van der Waals surface area contributed by atoms with Gasteiger partial charge < -0.3 is 4.90 Å². The standard InChI is InChI=1S/C15H24ClN/c1-3-17(13-9-5-4-8-12-16)15-11-7-6-10-14(15)2/h6-7,10-11H,3-5,8-9,12-13H2,1-2H3. The van der Waals surface area contributed by atoms with E-state index in [1.807, 2.05) is 0 Å². The molecule has 0 bridgehead atoms. The van der Waals surface area contributed by atoms with Crippen molar-refractivity contribution in [3.8, 4) is 0 Å². The number of nitrogens with zero attached hydrogens (tertiary/aromatic N) is 1. The molecule has 1 nitrogen and oxygen atoms in total. The Morgan fingerprint density at radius 1 is 1.06 bits per heavy atom. The van der Waals surface area contributed by atoms with Crippen molar-refractivity contribution in [3.05, 3.63) is 29.8 Å². The molecular weight excluding hydrogens is 230 g/mol. The fourth-order valence-corrected chi connectivity index (χ4v) is 2.31. The maximum atomic E-state index is 5.68. The lowest BCUT2D eigenvalue weighted by atomic mass is 10.1. The first-order chi connectivity index (χ1) is 8.29. The van der Waals surface area contributed by atoms with Gasteiger partial charge in [-0.1, -0.05) is 31.0 Å². The molecule has 0 unspecified atom stereocenters. The van der Waals surface area contributed by atoms with Crippen molar-refractivity contribution in [2.75, 3.05) is 23.9 Å². The number of hydrogen-bond donors (Lipinski definition) is 0. The zero-order valence-corrected chi connectivity index (χ0v) is 11.8. The second-order valence-corrected chi connectivity index (χ2v) is 4.85. The van der Waals surface area contributed by atoms with Crippen LogP contribution < -0.4 is 4.90 Å². The van der Waals surface area contributed by atoms with E-state index in [2.05, 4.69) is 43.0 Å². The molecule has 0 atom stereocenters. The minimum Gasteiger partial charge on any atom is -0.372 e. The van der Waals surface area contributed by atoms with Gasteiger partial charge in [-0.15, -0.1) is 11.6 Å². The minimum absolute atomic E-state index is 0.801. The van der Waals surface area contributed by atoms with E-state index in [0.29, 0.717) is 0 Å². The molecule has 1 rings (SSSR count). The summed E-state index contributed by atoms with van der Waals surface area (Å²) in [6, 6.07) is 8.63. The van der Waals surface area contributed by atoms with Crippen molar-refractivity contribution < 1.29 is 0 Å². The molecule has 0 saturated heterocycles. The van der Waals surface area contributed by atoms with Gasteiger partial charge in [0, 0.05) is 24.7 Å². The normalized spacial score (nSPS) is 10.5. The molecule has 0 fully saturated rings. The topological polar surface area (TPSA) is 3.24 Å². The first-order valence-electron chi connectivity index (χ1n) is 6.66. The van der Waals surface area contributed by atoms with Gasteiger partial charge in [0.05, 0.1) is 0 Å². The van der Waals surface area contributed by atoms with E-state index in [-0.39, 0.29) is 0 Å².